The van der Waals surface area contributed by atoms with Crippen LogP contribution in [0.3, 0.4) is 0 Å². The largest absolute Gasteiger partial charge is 0.467 e. The Balaban J connectivity index is 2.08. The number of hydrogen-bond donors (Lipinski definition) is 0. The molecule has 0 bridgehead atoms. The van der Waals surface area contributed by atoms with Crippen LogP contribution in [0.15, 0.2) is 54.6 Å². The standard InChI is InChI=1S/C18H19ClO2/c1-18(2,3)16(20)17(19)21-15-11-9-14(10-12-15)13-7-5-4-6-8-13/h4-12,17H,1-3H3. The number of hydrogen-bond acceptors (Lipinski definition) is 2. The second-order valence-corrected chi connectivity index (χ2v) is 6.33. The van der Waals surface area contributed by atoms with Crippen molar-refractivity contribution < 1.29 is 9.53 Å². The minimum absolute atomic E-state index is 0.128. The van der Waals surface area contributed by atoms with E-state index in [2.05, 4.69) is 0 Å². The normalized spacial score (nSPS) is 12.8. The maximum Gasteiger partial charge on any atom is 0.230 e. The molecule has 0 aliphatic rings. The molecule has 0 aliphatic heterocycles. The van der Waals surface area contributed by atoms with Crippen molar-refractivity contribution in [2.45, 2.75) is 26.3 Å². The Morgan fingerprint density at radius 3 is 2.00 bits per heavy atom. The molecule has 0 heterocycles. The molecule has 2 aromatic carbocycles. The summed E-state index contributed by atoms with van der Waals surface area (Å²) < 4.78 is 5.51. The molecule has 2 nitrogen and oxygen atoms in total. The lowest BCUT2D eigenvalue weighted by Gasteiger charge is -2.21. The fourth-order valence-corrected chi connectivity index (χ4v) is 2.30. The van der Waals surface area contributed by atoms with Gasteiger partial charge in [0.15, 0.2) is 5.78 Å². The number of ketones is 1. The van der Waals surface area contributed by atoms with Crippen molar-refractivity contribution in [1.29, 1.82) is 0 Å². The lowest BCUT2D eigenvalue weighted by molar-refractivity contribution is -0.130. The van der Waals surface area contributed by atoms with E-state index < -0.39 is 11.0 Å². The number of alkyl halides is 1. The van der Waals surface area contributed by atoms with Crippen molar-refractivity contribution in [1.82, 2.24) is 0 Å². The highest BCUT2D eigenvalue weighted by Gasteiger charge is 2.29. The van der Waals surface area contributed by atoms with E-state index in [4.69, 9.17) is 16.3 Å². The van der Waals surface area contributed by atoms with Gasteiger partial charge in [-0.2, -0.15) is 0 Å². The predicted molar refractivity (Wildman–Crippen MR) is 86.6 cm³/mol. The second-order valence-electron chi connectivity index (χ2n) is 5.94. The number of Topliss-reactive ketones (excluding diaryl/α,β-unsaturated/α-hetero) is 1. The second kappa shape index (κ2) is 6.31. The number of carbonyl (C=O) groups is 1. The van der Waals surface area contributed by atoms with Crippen molar-refractivity contribution >= 4 is 17.4 Å². The Hall–Kier alpha value is -1.80. The Labute approximate surface area is 130 Å². The molecule has 0 radical (unpaired) electrons. The molecule has 0 amide bonds. The van der Waals surface area contributed by atoms with Crippen LogP contribution in [0.4, 0.5) is 0 Å². The summed E-state index contributed by atoms with van der Waals surface area (Å²) in [5.74, 6) is 0.462. The molecule has 0 N–H and O–H groups in total. The molecule has 1 atom stereocenters. The third kappa shape index (κ3) is 4.08. The molecular formula is C18H19ClO2. The van der Waals surface area contributed by atoms with E-state index in [0.29, 0.717) is 5.75 Å². The van der Waals surface area contributed by atoms with E-state index in [1.807, 2.05) is 75.4 Å². The Morgan fingerprint density at radius 1 is 0.952 bits per heavy atom. The quantitative estimate of drug-likeness (QED) is 0.750. The van der Waals surface area contributed by atoms with Crippen molar-refractivity contribution in [3.63, 3.8) is 0 Å². The van der Waals surface area contributed by atoms with Gasteiger partial charge in [-0.05, 0) is 23.3 Å². The Bertz CT molecular complexity index is 597. The monoisotopic (exact) mass is 302 g/mol. The van der Waals surface area contributed by atoms with E-state index in [0.717, 1.165) is 11.1 Å². The lowest BCUT2D eigenvalue weighted by Crippen LogP contribution is -2.32. The van der Waals surface area contributed by atoms with Crippen LogP contribution in [-0.2, 0) is 4.79 Å². The molecule has 0 fully saturated rings. The number of carbonyl (C=O) groups excluding carboxylic acids is 1. The van der Waals surface area contributed by atoms with Crippen molar-refractivity contribution in [2.75, 3.05) is 0 Å². The summed E-state index contributed by atoms with van der Waals surface area (Å²) in [6.07, 6.45) is 0. The van der Waals surface area contributed by atoms with Gasteiger partial charge in [0.05, 0.1) is 0 Å². The number of rotatable bonds is 4. The smallest absolute Gasteiger partial charge is 0.230 e. The van der Waals surface area contributed by atoms with E-state index >= 15 is 0 Å². The molecule has 3 heteroatoms. The average Bonchev–Trinajstić information content (AvgIpc) is 2.47. The summed E-state index contributed by atoms with van der Waals surface area (Å²) >= 11 is 6.04. The van der Waals surface area contributed by atoms with Crippen molar-refractivity contribution in [3.05, 3.63) is 54.6 Å². The first kappa shape index (κ1) is 15.6. The number of ether oxygens (including phenoxy) is 1. The zero-order valence-electron chi connectivity index (χ0n) is 12.5. The van der Waals surface area contributed by atoms with E-state index in [1.54, 1.807) is 0 Å². The molecule has 0 aromatic heterocycles. The SMILES string of the molecule is CC(C)(C)C(=O)C(Cl)Oc1ccc(-c2ccccc2)cc1. The highest BCUT2D eigenvalue weighted by Crippen LogP contribution is 2.25. The molecule has 0 saturated heterocycles. The first-order valence-corrected chi connectivity index (χ1v) is 7.32. The minimum atomic E-state index is -0.965. The Morgan fingerprint density at radius 2 is 1.48 bits per heavy atom. The van der Waals surface area contributed by atoms with Gasteiger partial charge in [-0.1, -0.05) is 74.8 Å². The Kier molecular flexibility index (Phi) is 4.69. The maximum atomic E-state index is 12.0. The molecular weight excluding hydrogens is 284 g/mol. The van der Waals surface area contributed by atoms with Crippen LogP contribution < -0.4 is 4.74 Å². The van der Waals surface area contributed by atoms with Crippen LogP contribution in [0.25, 0.3) is 11.1 Å². The van der Waals surface area contributed by atoms with Gasteiger partial charge in [0.2, 0.25) is 5.56 Å². The van der Waals surface area contributed by atoms with Crippen molar-refractivity contribution in [3.8, 4) is 16.9 Å². The summed E-state index contributed by atoms with van der Waals surface area (Å²) in [6.45, 7) is 5.48. The predicted octanol–water partition coefficient (Wildman–Crippen LogP) is 4.91. The van der Waals surface area contributed by atoms with Crippen LogP contribution >= 0.6 is 11.6 Å². The van der Waals surface area contributed by atoms with Crippen LogP contribution in [-0.4, -0.2) is 11.3 Å². The van der Waals surface area contributed by atoms with Gasteiger partial charge < -0.3 is 4.74 Å². The third-order valence-electron chi connectivity index (χ3n) is 3.15. The van der Waals surface area contributed by atoms with Gasteiger partial charge in [-0.25, -0.2) is 0 Å². The first-order chi connectivity index (χ1) is 9.88. The highest BCUT2D eigenvalue weighted by atomic mass is 35.5. The molecule has 0 aliphatic carbocycles. The van der Waals surface area contributed by atoms with Crippen molar-refractivity contribution in [2.24, 2.45) is 5.41 Å². The van der Waals surface area contributed by atoms with Gasteiger partial charge in [-0.15, -0.1) is 0 Å². The van der Waals surface area contributed by atoms with Gasteiger partial charge >= 0.3 is 0 Å². The van der Waals surface area contributed by atoms with Gasteiger partial charge in [0.1, 0.15) is 5.75 Å². The number of benzene rings is 2. The van der Waals surface area contributed by atoms with E-state index in [-0.39, 0.29) is 5.78 Å². The zero-order chi connectivity index (χ0) is 15.5. The number of halogens is 1. The van der Waals surface area contributed by atoms with Gasteiger partial charge in [0, 0.05) is 5.41 Å². The van der Waals surface area contributed by atoms with Crippen LogP contribution in [0.1, 0.15) is 20.8 Å². The zero-order valence-corrected chi connectivity index (χ0v) is 13.2. The van der Waals surface area contributed by atoms with Gasteiger partial charge in [-0.3, -0.25) is 4.79 Å². The fourth-order valence-electron chi connectivity index (χ4n) is 1.87. The van der Waals surface area contributed by atoms with Crippen LogP contribution in [0, 0.1) is 5.41 Å². The summed E-state index contributed by atoms with van der Waals surface area (Å²) in [5, 5.41) is 0. The van der Waals surface area contributed by atoms with Crippen LogP contribution in [0.5, 0.6) is 5.75 Å². The summed E-state index contributed by atoms with van der Waals surface area (Å²) in [7, 11) is 0. The topological polar surface area (TPSA) is 26.3 Å². The van der Waals surface area contributed by atoms with E-state index in [9.17, 15) is 4.79 Å². The molecule has 21 heavy (non-hydrogen) atoms. The summed E-state index contributed by atoms with van der Waals surface area (Å²) in [5.41, 5.74) is 0.747. The summed E-state index contributed by atoms with van der Waals surface area (Å²) in [6, 6.07) is 17.6. The molecule has 0 saturated carbocycles. The molecule has 110 valence electrons. The lowest BCUT2D eigenvalue weighted by atomic mass is 9.91. The molecule has 2 rings (SSSR count). The molecule has 2 aromatic rings. The van der Waals surface area contributed by atoms with Gasteiger partial charge in [0.25, 0.3) is 0 Å². The maximum absolute atomic E-state index is 12.0. The fraction of sp³-hybridized carbons (Fsp3) is 0.278. The summed E-state index contributed by atoms with van der Waals surface area (Å²) in [4.78, 5) is 12.0. The minimum Gasteiger partial charge on any atom is -0.467 e. The first-order valence-electron chi connectivity index (χ1n) is 6.88. The average molecular weight is 303 g/mol. The highest BCUT2D eigenvalue weighted by molar-refractivity contribution is 6.30. The van der Waals surface area contributed by atoms with Crippen LogP contribution in [0.2, 0.25) is 0 Å². The van der Waals surface area contributed by atoms with E-state index in [1.165, 1.54) is 0 Å². The molecule has 0 spiro atoms. The molecule has 1 unspecified atom stereocenters. The third-order valence-corrected chi connectivity index (χ3v) is 3.43.